The number of esters is 4. The number of carbonyl (C=O) groups excluding carboxylic acids is 4. The largest absolute Gasteiger partial charge is 0.487 e. The molecule has 0 N–H and O–H groups in total. The molecule has 9 heteroatoms. The van der Waals surface area contributed by atoms with Gasteiger partial charge in [-0.25, -0.2) is 19.2 Å². The van der Waals surface area contributed by atoms with Gasteiger partial charge in [-0.05, 0) is 48.5 Å². The molecular formula is C34H26O9. The molecule has 4 aromatic rings. The van der Waals surface area contributed by atoms with E-state index in [2.05, 4.69) is 0 Å². The normalized spacial score (nSPS) is 17.4. The summed E-state index contributed by atoms with van der Waals surface area (Å²) < 4.78 is 28.5. The van der Waals surface area contributed by atoms with E-state index in [1.54, 1.807) is 121 Å². The molecule has 0 aromatic heterocycles. The fourth-order valence-corrected chi connectivity index (χ4v) is 4.21. The molecular weight excluding hydrogens is 552 g/mol. The van der Waals surface area contributed by atoms with Gasteiger partial charge in [0.15, 0.2) is 18.0 Å². The third-order valence-electron chi connectivity index (χ3n) is 6.41. The monoisotopic (exact) mass is 578 g/mol. The molecule has 216 valence electrons. The van der Waals surface area contributed by atoms with Gasteiger partial charge >= 0.3 is 23.9 Å². The van der Waals surface area contributed by atoms with Gasteiger partial charge in [-0.3, -0.25) is 0 Å². The molecule has 0 saturated carbocycles. The molecule has 0 fully saturated rings. The van der Waals surface area contributed by atoms with E-state index in [0.29, 0.717) is 5.56 Å². The molecule has 1 aliphatic rings. The SMILES string of the molecule is O=C(OCC1OC=C(OC(=O)c2ccccc2)[C@@H](OC(=O)c2ccccc2)[C@@H]1OC(=O)c1ccccc1)c1ccccc1. The van der Waals surface area contributed by atoms with Crippen LogP contribution in [0.15, 0.2) is 133 Å². The van der Waals surface area contributed by atoms with E-state index < -0.39 is 42.2 Å². The summed E-state index contributed by atoms with van der Waals surface area (Å²) in [6, 6.07) is 32.8. The van der Waals surface area contributed by atoms with E-state index in [1.165, 1.54) is 0 Å². The number of hydrogen-bond donors (Lipinski definition) is 0. The highest BCUT2D eigenvalue weighted by atomic mass is 16.6. The summed E-state index contributed by atoms with van der Waals surface area (Å²) in [5.41, 5.74) is 0.959. The lowest BCUT2D eigenvalue weighted by atomic mass is 10.0. The second-order valence-corrected chi connectivity index (χ2v) is 9.34. The van der Waals surface area contributed by atoms with Crippen LogP contribution in [0.5, 0.6) is 0 Å². The van der Waals surface area contributed by atoms with Gasteiger partial charge in [0.05, 0.1) is 22.3 Å². The predicted octanol–water partition coefficient (Wildman–Crippen LogP) is 5.39. The Kier molecular flexibility index (Phi) is 9.23. The Hall–Kier alpha value is -5.70. The third kappa shape index (κ3) is 7.34. The summed E-state index contributed by atoms with van der Waals surface area (Å²) in [6.07, 6.45) is -2.86. The van der Waals surface area contributed by atoms with Crippen LogP contribution in [0.25, 0.3) is 0 Å². The second-order valence-electron chi connectivity index (χ2n) is 9.34. The lowest BCUT2D eigenvalue weighted by Gasteiger charge is -2.35. The van der Waals surface area contributed by atoms with Gasteiger partial charge in [-0.15, -0.1) is 0 Å². The standard InChI is InChI=1S/C34H26O9/c35-31(23-13-5-1-6-14-23)40-21-27-29(42-33(37)25-17-9-3-10-18-25)30(43-34(38)26-19-11-4-12-20-26)28(22-39-27)41-32(36)24-15-7-2-8-16-24/h1-20,22,27,29-30H,21H2/t27?,29-,30-/m1/s1. The minimum absolute atomic E-state index is 0.211. The fourth-order valence-electron chi connectivity index (χ4n) is 4.21. The number of benzene rings is 4. The number of ether oxygens (including phenoxy) is 5. The Morgan fingerprint density at radius 3 is 1.44 bits per heavy atom. The van der Waals surface area contributed by atoms with Crippen LogP contribution in [0.1, 0.15) is 41.4 Å². The zero-order chi connectivity index (χ0) is 30.0. The number of rotatable bonds is 9. The molecule has 0 amide bonds. The maximum absolute atomic E-state index is 13.2. The van der Waals surface area contributed by atoms with E-state index >= 15 is 0 Å². The quantitative estimate of drug-likeness (QED) is 0.190. The van der Waals surface area contributed by atoms with Crippen molar-refractivity contribution in [2.45, 2.75) is 18.3 Å². The van der Waals surface area contributed by atoms with Crippen LogP contribution in [-0.2, 0) is 23.7 Å². The van der Waals surface area contributed by atoms with E-state index in [0.717, 1.165) is 6.26 Å². The van der Waals surface area contributed by atoms with Crippen molar-refractivity contribution in [3.63, 3.8) is 0 Å². The van der Waals surface area contributed by atoms with Crippen LogP contribution >= 0.6 is 0 Å². The van der Waals surface area contributed by atoms with Crippen LogP contribution in [-0.4, -0.2) is 48.8 Å². The highest BCUT2D eigenvalue weighted by Gasteiger charge is 2.45. The summed E-state index contributed by atoms with van der Waals surface area (Å²) in [5, 5.41) is 0. The van der Waals surface area contributed by atoms with Crippen molar-refractivity contribution < 1.29 is 42.9 Å². The minimum Gasteiger partial charge on any atom is -0.487 e. The molecule has 1 aliphatic heterocycles. The summed E-state index contributed by atoms with van der Waals surface area (Å²) in [4.78, 5) is 52.1. The fraction of sp³-hybridized carbons (Fsp3) is 0.118. The van der Waals surface area contributed by atoms with Gasteiger partial charge in [0.1, 0.15) is 12.9 Å². The molecule has 4 aromatic carbocycles. The topological polar surface area (TPSA) is 114 Å². The Morgan fingerprint density at radius 2 is 0.953 bits per heavy atom. The van der Waals surface area contributed by atoms with Crippen molar-refractivity contribution >= 4 is 23.9 Å². The van der Waals surface area contributed by atoms with Crippen LogP contribution < -0.4 is 0 Å². The molecule has 0 radical (unpaired) electrons. The van der Waals surface area contributed by atoms with Crippen molar-refractivity contribution in [3.8, 4) is 0 Å². The molecule has 9 nitrogen and oxygen atoms in total. The third-order valence-corrected chi connectivity index (χ3v) is 6.41. The minimum atomic E-state index is -1.44. The molecule has 43 heavy (non-hydrogen) atoms. The first-order valence-corrected chi connectivity index (χ1v) is 13.4. The van der Waals surface area contributed by atoms with Gasteiger partial charge in [-0.1, -0.05) is 72.8 Å². The number of carbonyl (C=O) groups is 4. The van der Waals surface area contributed by atoms with Crippen molar-refractivity contribution in [2.24, 2.45) is 0 Å². The van der Waals surface area contributed by atoms with Crippen LogP contribution in [0.2, 0.25) is 0 Å². The molecule has 0 aliphatic carbocycles. The van der Waals surface area contributed by atoms with Crippen molar-refractivity contribution in [2.75, 3.05) is 6.61 Å². The summed E-state index contributed by atoms with van der Waals surface area (Å²) in [5.74, 6) is -3.13. The summed E-state index contributed by atoms with van der Waals surface area (Å²) >= 11 is 0. The molecule has 0 spiro atoms. The maximum atomic E-state index is 13.2. The average molecular weight is 579 g/mol. The average Bonchev–Trinajstić information content (AvgIpc) is 3.07. The van der Waals surface area contributed by atoms with Gasteiger partial charge in [0.25, 0.3) is 0 Å². The zero-order valence-corrected chi connectivity index (χ0v) is 22.7. The molecule has 1 heterocycles. The van der Waals surface area contributed by atoms with Crippen molar-refractivity contribution in [1.29, 1.82) is 0 Å². The van der Waals surface area contributed by atoms with Gasteiger partial charge in [-0.2, -0.15) is 0 Å². The van der Waals surface area contributed by atoms with E-state index in [9.17, 15) is 19.2 Å². The van der Waals surface area contributed by atoms with E-state index in [4.69, 9.17) is 23.7 Å². The van der Waals surface area contributed by atoms with Crippen molar-refractivity contribution in [1.82, 2.24) is 0 Å². The van der Waals surface area contributed by atoms with Crippen LogP contribution in [0, 0.1) is 0 Å². The first kappa shape index (κ1) is 28.8. The van der Waals surface area contributed by atoms with E-state index in [-0.39, 0.29) is 29.1 Å². The number of hydrogen-bond acceptors (Lipinski definition) is 9. The highest BCUT2D eigenvalue weighted by molar-refractivity contribution is 5.92. The summed E-state index contributed by atoms with van der Waals surface area (Å²) in [6.45, 7) is -0.379. The zero-order valence-electron chi connectivity index (χ0n) is 22.7. The molecule has 5 rings (SSSR count). The Morgan fingerprint density at radius 1 is 0.535 bits per heavy atom. The first-order chi connectivity index (χ1) is 21.0. The first-order valence-electron chi connectivity index (χ1n) is 13.4. The molecule has 0 saturated heterocycles. The second kappa shape index (κ2) is 13.8. The Balaban J connectivity index is 1.46. The van der Waals surface area contributed by atoms with Crippen molar-refractivity contribution in [3.05, 3.63) is 156 Å². The Labute approximate surface area is 247 Å². The smallest absolute Gasteiger partial charge is 0.343 e. The molecule has 3 atom stereocenters. The van der Waals surface area contributed by atoms with Crippen LogP contribution in [0.4, 0.5) is 0 Å². The van der Waals surface area contributed by atoms with E-state index in [1.807, 2.05) is 0 Å². The maximum Gasteiger partial charge on any atom is 0.343 e. The van der Waals surface area contributed by atoms with Gasteiger partial charge in [0, 0.05) is 0 Å². The summed E-state index contributed by atoms with van der Waals surface area (Å²) in [7, 11) is 0. The lowest BCUT2D eigenvalue weighted by Crippen LogP contribution is -2.50. The highest BCUT2D eigenvalue weighted by Crippen LogP contribution is 2.29. The van der Waals surface area contributed by atoms with Gasteiger partial charge < -0.3 is 23.7 Å². The Bertz CT molecular complexity index is 1590. The van der Waals surface area contributed by atoms with Crippen LogP contribution in [0.3, 0.4) is 0 Å². The predicted molar refractivity (Wildman–Crippen MR) is 153 cm³/mol. The molecule has 1 unspecified atom stereocenters. The lowest BCUT2D eigenvalue weighted by molar-refractivity contribution is -0.115. The van der Waals surface area contributed by atoms with Gasteiger partial charge in [0.2, 0.25) is 6.10 Å². The molecule has 0 bridgehead atoms.